The molecule has 0 bridgehead atoms. The van der Waals surface area contributed by atoms with E-state index >= 15 is 0 Å². The van der Waals surface area contributed by atoms with E-state index in [1.807, 2.05) is 48.7 Å². The quantitative estimate of drug-likeness (QED) is 0.187. The van der Waals surface area contributed by atoms with Crippen LogP contribution in [0.25, 0.3) is 44.3 Å². The summed E-state index contributed by atoms with van der Waals surface area (Å²) in [7, 11) is 0. The second kappa shape index (κ2) is 9.55. The van der Waals surface area contributed by atoms with Gasteiger partial charge in [0.15, 0.2) is 5.82 Å². The molecule has 0 saturated heterocycles. The second-order valence-electron chi connectivity index (χ2n) is 8.16. The fourth-order valence-corrected chi connectivity index (χ4v) is 4.05. The van der Waals surface area contributed by atoms with Crippen molar-refractivity contribution in [1.82, 2.24) is 15.0 Å². The largest absolute Gasteiger partial charge is 0.366 e. The Morgan fingerprint density at radius 2 is 1.82 bits per heavy atom. The highest BCUT2D eigenvalue weighted by molar-refractivity contribution is 6.02. The van der Waals surface area contributed by atoms with Crippen LogP contribution in [-0.4, -0.2) is 27.7 Å². The normalized spacial score (nSPS) is 12.0. The monoisotopic (exact) mass is 443 g/mol. The first-order valence-corrected chi connectivity index (χ1v) is 11.2. The minimum atomic E-state index is 0.633. The lowest BCUT2D eigenvalue weighted by atomic mass is 10.0. The molecule has 0 aliphatic rings. The van der Waals surface area contributed by atoms with Crippen molar-refractivity contribution in [3.8, 4) is 22.5 Å². The van der Waals surface area contributed by atoms with Gasteiger partial charge in [0.25, 0.3) is 0 Å². The van der Waals surface area contributed by atoms with Gasteiger partial charge >= 0.3 is 0 Å². The fraction of sp³-hybridized carbons (Fsp3) is 0.0690. The number of rotatable bonds is 7. The lowest BCUT2D eigenvalue weighted by Gasteiger charge is -2.15. The van der Waals surface area contributed by atoms with Crippen molar-refractivity contribution < 1.29 is 0 Å². The molecule has 34 heavy (non-hydrogen) atoms. The summed E-state index contributed by atoms with van der Waals surface area (Å²) < 4.78 is 0. The molecule has 5 rings (SSSR count). The molecule has 5 heteroatoms. The topological polar surface area (TPSA) is 77.5 Å². The van der Waals surface area contributed by atoms with E-state index in [1.165, 1.54) is 6.21 Å². The highest BCUT2D eigenvalue weighted by Gasteiger charge is 2.14. The van der Waals surface area contributed by atoms with Crippen LogP contribution in [0.1, 0.15) is 6.92 Å². The molecule has 2 heterocycles. The number of aromatic amines is 1. The molecule has 0 atom stereocenters. The Hall–Kier alpha value is -4.51. The van der Waals surface area contributed by atoms with Crippen LogP contribution in [0.15, 0.2) is 103 Å². The second-order valence-corrected chi connectivity index (χ2v) is 8.16. The van der Waals surface area contributed by atoms with Gasteiger partial charge in [-0.05, 0) is 54.5 Å². The van der Waals surface area contributed by atoms with E-state index < -0.39 is 0 Å². The number of fused-ring (bicyclic) bond motifs is 2. The Kier molecular flexibility index (Phi) is 5.99. The molecule has 3 N–H and O–H groups in total. The molecule has 0 saturated carbocycles. The predicted molar refractivity (Wildman–Crippen MR) is 142 cm³/mol. The van der Waals surface area contributed by atoms with Crippen molar-refractivity contribution in [3.63, 3.8) is 0 Å². The maximum atomic E-state index is 7.15. The Balaban J connectivity index is 1.65. The summed E-state index contributed by atoms with van der Waals surface area (Å²) in [6.45, 7) is 2.69. The average Bonchev–Trinajstić information content (AvgIpc) is 3.35. The summed E-state index contributed by atoms with van der Waals surface area (Å²) in [5.74, 6) is 1.49. The molecule has 0 unspecified atom stereocenters. The molecule has 0 fully saturated rings. The summed E-state index contributed by atoms with van der Waals surface area (Å²) >= 11 is 0. The Bertz CT molecular complexity index is 1530. The maximum absolute atomic E-state index is 7.15. The molecule has 0 amide bonds. The van der Waals surface area contributed by atoms with E-state index in [2.05, 4.69) is 59.7 Å². The number of aromatic nitrogens is 3. The van der Waals surface area contributed by atoms with Gasteiger partial charge in [-0.1, -0.05) is 60.2 Å². The Morgan fingerprint density at radius 3 is 2.68 bits per heavy atom. The maximum Gasteiger partial charge on any atom is 0.162 e. The summed E-state index contributed by atoms with van der Waals surface area (Å²) in [6.07, 6.45) is 8.79. The molecule has 2 aromatic heterocycles. The van der Waals surface area contributed by atoms with Crippen LogP contribution in [-0.2, 0) is 0 Å². The Labute approximate surface area is 198 Å². The molecule has 5 aromatic rings. The molecule has 0 radical (unpaired) electrons. The molecule has 0 aliphatic heterocycles. The first-order valence-electron chi connectivity index (χ1n) is 11.2. The smallest absolute Gasteiger partial charge is 0.162 e. The SMILES string of the molecule is C/C(=C\C=C/C=N)CNc1nc(-c2ccc3[nH]ccc3c2)nc2cccc(-c3ccccc3)c12. The van der Waals surface area contributed by atoms with Crippen LogP contribution in [0.2, 0.25) is 0 Å². The van der Waals surface area contributed by atoms with E-state index in [0.717, 1.165) is 49.9 Å². The lowest BCUT2D eigenvalue weighted by molar-refractivity contribution is 1.15. The zero-order chi connectivity index (χ0) is 23.3. The number of nitrogens with one attached hydrogen (secondary N) is 3. The Morgan fingerprint density at radius 1 is 0.941 bits per heavy atom. The van der Waals surface area contributed by atoms with E-state index in [9.17, 15) is 0 Å². The van der Waals surface area contributed by atoms with Gasteiger partial charge in [-0.25, -0.2) is 9.97 Å². The van der Waals surface area contributed by atoms with Gasteiger partial charge in [0.1, 0.15) is 5.82 Å². The van der Waals surface area contributed by atoms with E-state index in [0.29, 0.717) is 12.4 Å². The van der Waals surface area contributed by atoms with E-state index in [4.69, 9.17) is 15.4 Å². The average molecular weight is 444 g/mol. The molecular formula is C29H25N5. The summed E-state index contributed by atoms with van der Waals surface area (Å²) in [4.78, 5) is 13.2. The van der Waals surface area contributed by atoms with Gasteiger partial charge in [-0.2, -0.15) is 0 Å². The highest BCUT2D eigenvalue weighted by atomic mass is 15.0. The van der Waals surface area contributed by atoms with E-state index in [-0.39, 0.29) is 0 Å². The first kappa shape index (κ1) is 21.3. The molecule has 0 aliphatic carbocycles. The zero-order valence-corrected chi connectivity index (χ0v) is 18.9. The first-order chi connectivity index (χ1) is 16.7. The molecule has 5 nitrogen and oxygen atoms in total. The van der Waals surface area contributed by atoms with Crippen molar-refractivity contribution in [2.24, 2.45) is 0 Å². The number of anilines is 1. The van der Waals surface area contributed by atoms with Gasteiger partial charge in [-0.3, -0.25) is 0 Å². The van der Waals surface area contributed by atoms with Crippen LogP contribution in [0, 0.1) is 5.41 Å². The van der Waals surface area contributed by atoms with Gasteiger partial charge in [0, 0.05) is 35.4 Å². The van der Waals surface area contributed by atoms with Crippen LogP contribution in [0.5, 0.6) is 0 Å². The number of hydrogen-bond acceptors (Lipinski definition) is 4. The number of allylic oxidation sites excluding steroid dienone is 3. The standard InChI is InChI=1S/C29H25N5/c1-20(8-5-6-16-30)19-32-29-27-24(21-9-3-2-4-10-21)11-7-12-26(27)33-28(34-29)23-13-14-25-22(18-23)15-17-31-25/h2-18,30-31H,19H2,1H3,(H,32,33,34)/b6-5-,20-8+,30-16?. The predicted octanol–water partition coefficient (Wildman–Crippen LogP) is 7.01. The van der Waals surface area contributed by atoms with Gasteiger partial charge < -0.3 is 15.7 Å². The number of H-pyrrole nitrogens is 1. The third-order valence-electron chi connectivity index (χ3n) is 5.74. The number of nitrogens with zero attached hydrogens (tertiary/aromatic N) is 2. The highest BCUT2D eigenvalue weighted by Crippen LogP contribution is 2.34. The minimum absolute atomic E-state index is 0.633. The van der Waals surface area contributed by atoms with Crippen LogP contribution >= 0.6 is 0 Å². The van der Waals surface area contributed by atoms with Crippen molar-refractivity contribution in [2.75, 3.05) is 11.9 Å². The summed E-state index contributed by atoms with van der Waals surface area (Å²) in [6, 6.07) is 24.8. The summed E-state index contributed by atoms with van der Waals surface area (Å²) in [5.41, 5.74) is 6.32. The number of hydrogen-bond donors (Lipinski definition) is 3. The fourth-order valence-electron chi connectivity index (χ4n) is 4.05. The van der Waals surface area contributed by atoms with Crippen molar-refractivity contribution in [2.45, 2.75) is 6.92 Å². The van der Waals surface area contributed by atoms with Crippen LogP contribution in [0.4, 0.5) is 5.82 Å². The summed E-state index contributed by atoms with van der Waals surface area (Å²) in [5, 5.41) is 12.8. The van der Waals surface area contributed by atoms with Gasteiger partial charge in [-0.15, -0.1) is 0 Å². The zero-order valence-electron chi connectivity index (χ0n) is 18.9. The van der Waals surface area contributed by atoms with E-state index in [1.54, 1.807) is 6.08 Å². The van der Waals surface area contributed by atoms with Crippen molar-refractivity contribution in [3.05, 3.63) is 103 Å². The number of benzene rings is 3. The minimum Gasteiger partial charge on any atom is -0.366 e. The molecule has 3 aromatic carbocycles. The van der Waals surface area contributed by atoms with Gasteiger partial charge in [0.05, 0.1) is 10.9 Å². The van der Waals surface area contributed by atoms with Crippen molar-refractivity contribution in [1.29, 1.82) is 5.41 Å². The van der Waals surface area contributed by atoms with Crippen LogP contribution < -0.4 is 5.32 Å². The third kappa shape index (κ3) is 4.36. The lowest BCUT2D eigenvalue weighted by Crippen LogP contribution is -2.07. The third-order valence-corrected chi connectivity index (χ3v) is 5.74. The molecule has 0 spiro atoms. The molecule has 166 valence electrons. The van der Waals surface area contributed by atoms with Crippen LogP contribution in [0.3, 0.4) is 0 Å². The van der Waals surface area contributed by atoms with Gasteiger partial charge in [0.2, 0.25) is 0 Å². The molecular weight excluding hydrogens is 418 g/mol. The van der Waals surface area contributed by atoms with Crippen molar-refractivity contribution >= 4 is 33.8 Å².